The van der Waals surface area contributed by atoms with Gasteiger partial charge in [-0.05, 0) is 30.5 Å². The molecule has 0 aliphatic heterocycles. The summed E-state index contributed by atoms with van der Waals surface area (Å²) in [6.07, 6.45) is 3.16. The molecule has 1 aromatic carbocycles. The highest BCUT2D eigenvalue weighted by Gasteiger charge is 2.04. The van der Waals surface area contributed by atoms with Gasteiger partial charge in [0.15, 0.2) is 0 Å². The number of hydrogen-bond donors (Lipinski definition) is 0. The van der Waals surface area contributed by atoms with Crippen molar-refractivity contribution in [2.75, 3.05) is 0 Å². The van der Waals surface area contributed by atoms with Crippen LogP contribution in [-0.2, 0) is 11.5 Å². The fourth-order valence-electron chi connectivity index (χ4n) is 1.23. The van der Waals surface area contributed by atoms with Crippen LogP contribution in [-0.4, -0.2) is 5.97 Å². The lowest BCUT2D eigenvalue weighted by Gasteiger charge is -1.99. The van der Waals surface area contributed by atoms with Crippen LogP contribution in [0.15, 0.2) is 24.3 Å². The Bertz CT molecular complexity index is 292. The molecule has 0 bridgehead atoms. The average Bonchev–Trinajstić information content (AvgIpc) is 2.15. The first-order valence-electron chi connectivity index (χ1n) is 4.54. The summed E-state index contributed by atoms with van der Waals surface area (Å²) in [4.78, 5) is 10.5. The molecule has 0 spiro atoms. The van der Waals surface area contributed by atoms with Crippen molar-refractivity contribution in [3.63, 3.8) is 0 Å². The number of carbonyl (C=O) groups excluding carboxylic acids is 1. The normalized spacial score (nSPS) is 9.92. The minimum Gasteiger partial charge on any atom is -0.242 e. The minimum atomic E-state index is -1.10. The molecule has 1 radical (unpaired) electrons. The molecular formula is C11H13O2. The summed E-state index contributed by atoms with van der Waals surface area (Å²) in [6.45, 7) is 2.11. The molecule has 0 atom stereocenters. The van der Waals surface area contributed by atoms with Crippen molar-refractivity contribution in [2.24, 2.45) is 0 Å². The van der Waals surface area contributed by atoms with Crippen LogP contribution in [0.4, 0.5) is 0 Å². The molecule has 13 heavy (non-hydrogen) atoms. The van der Waals surface area contributed by atoms with Gasteiger partial charge in [0.2, 0.25) is 0 Å². The second-order valence-corrected chi connectivity index (χ2v) is 3.09. The fraction of sp³-hybridized carbons (Fsp3) is 0.364. The first kappa shape index (κ1) is 9.78. The molecule has 0 saturated heterocycles. The van der Waals surface area contributed by atoms with Gasteiger partial charge in [-0.15, -0.1) is 0 Å². The van der Waals surface area contributed by atoms with Gasteiger partial charge in [0.05, 0.1) is 5.56 Å². The van der Waals surface area contributed by atoms with Gasteiger partial charge in [-0.3, -0.25) is 0 Å². The van der Waals surface area contributed by atoms with E-state index in [0.717, 1.165) is 24.8 Å². The Kier molecular flexibility index (Phi) is 3.50. The Morgan fingerprint density at radius 3 is 2.77 bits per heavy atom. The molecule has 0 amide bonds. The van der Waals surface area contributed by atoms with E-state index in [4.69, 9.17) is 0 Å². The number of benzene rings is 1. The Hall–Kier alpha value is -1.31. The molecule has 1 aromatic rings. The number of carbonyl (C=O) groups is 1. The summed E-state index contributed by atoms with van der Waals surface area (Å²) in [5.41, 5.74) is 1.34. The molecule has 0 aliphatic rings. The lowest BCUT2D eigenvalue weighted by Crippen LogP contribution is -1.95. The van der Waals surface area contributed by atoms with Crippen LogP contribution in [0.1, 0.15) is 35.7 Å². The zero-order valence-electron chi connectivity index (χ0n) is 7.75. The molecular weight excluding hydrogens is 164 g/mol. The Labute approximate surface area is 78.2 Å². The molecule has 2 nitrogen and oxygen atoms in total. The summed E-state index contributed by atoms with van der Waals surface area (Å²) in [5, 5.41) is 10.5. The van der Waals surface area contributed by atoms with Crippen LogP contribution in [0.3, 0.4) is 0 Å². The molecule has 1 rings (SSSR count). The van der Waals surface area contributed by atoms with Gasteiger partial charge in [-0.2, -0.15) is 0 Å². The van der Waals surface area contributed by atoms with Crippen molar-refractivity contribution < 1.29 is 9.90 Å². The van der Waals surface area contributed by atoms with Crippen molar-refractivity contribution in [3.05, 3.63) is 35.4 Å². The number of aryl methyl sites for hydroxylation is 1. The summed E-state index contributed by atoms with van der Waals surface area (Å²) in [7, 11) is 0. The van der Waals surface area contributed by atoms with Gasteiger partial charge >= 0.3 is 5.97 Å². The number of rotatable bonds is 4. The highest BCUT2D eigenvalue weighted by Crippen LogP contribution is 2.08. The second kappa shape index (κ2) is 4.65. The predicted molar refractivity (Wildman–Crippen MR) is 50.1 cm³/mol. The third-order valence-electron chi connectivity index (χ3n) is 1.98. The predicted octanol–water partition coefficient (Wildman–Crippen LogP) is 2.60. The van der Waals surface area contributed by atoms with Crippen molar-refractivity contribution >= 4 is 5.97 Å². The van der Waals surface area contributed by atoms with E-state index in [9.17, 15) is 9.90 Å². The van der Waals surface area contributed by atoms with Crippen molar-refractivity contribution in [2.45, 2.75) is 26.2 Å². The molecule has 0 aliphatic carbocycles. The quantitative estimate of drug-likeness (QED) is 0.696. The maximum Gasteiger partial charge on any atom is 0.386 e. The monoisotopic (exact) mass is 177 g/mol. The van der Waals surface area contributed by atoms with Gasteiger partial charge in [0.1, 0.15) is 0 Å². The van der Waals surface area contributed by atoms with E-state index < -0.39 is 5.97 Å². The Balaban J connectivity index is 2.73. The molecule has 0 heterocycles. The zero-order valence-corrected chi connectivity index (χ0v) is 7.75. The SMILES string of the molecule is CCCCc1cccc(C([O])=O)c1. The lowest BCUT2D eigenvalue weighted by atomic mass is 10.1. The fourth-order valence-corrected chi connectivity index (χ4v) is 1.23. The van der Waals surface area contributed by atoms with E-state index in [1.165, 1.54) is 0 Å². The number of hydrogen-bond acceptors (Lipinski definition) is 1. The first-order valence-corrected chi connectivity index (χ1v) is 4.54. The van der Waals surface area contributed by atoms with E-state index in [0.29, 0.717) is 0 Å². The summed E-state index contributed by atoms with van der Waals surface area (Å²) >= 11 is 0. The molecule has 0 aromatic heterocycles. The smallest absolute Gasteiger partial charge is 0.242 e. The Morgan fingerprint density at radius 1 is 1.38 bits per heavy atom. The standard InChI is InChI=1S/C11H13O2/c1-2-3-5-9-6-4-7-10(8-9)11(12)13/h4,6-8H,2-3,5H2,1H3. The third kappa shape index (κ3) is 2.90. The number of unbranched alkanes of at least 4 members (excludes halogenated alkanes) is 1. The van der Waals surface area contributed by atoms with Crippen LogP contribution in [0, 0.1) is 0 Å². The zero-order chi connectivity index (χ0) is 9.68. The van der Waals surface area contributed by atoms with Crippen molar-refractivity contribution in [1.29, 1.82) is 0 Å². The second-order valence-electron chi connectivity index (χ2n) is 3.09. The van der Waals surface area contributed by atoms with E-state index >= 15 is 0 Å². The third-order valence-corrected chi connectivity index (χ3v) is 1.98. The van der Waals surface area contributed by atoms with Crippen LogP contribution >= 0.6 is 0 Å². The van der Waals surface area contributed by atoms with Gasteiger partial charge in [-0.1, -0.05) is 25.5 Å². The highest BCUT2D eigenvalue weighted by atomic mass is 16.4. The minimum absolute atomic E-state index is 0.272. The molecule has 0 fully saturated rings. The van der Waals surface area contributed by atoms with Gasteiger partial charge in [0.25, 0.3) is 0 Å². The van der Waals surface area contributed by atoms with Crippen LogP contribution in [0.25, 0.3) is 0 Å². The van der Waals surface area contributed by atoms with E-state index in [2.05, 4.69) is 6.92 Å². The van der Waals surface area contributed by atoms with E-state index in [1.54, 1.807) is 18.2 Å². The van der Waals surface area contributed by atoms with Crippen LogP contribution in [0.2, 0.25) is 0 Å². The van der Waals surface area contributed by atoms with Crippen LogP contribution < -0.4 is 0 Å². The van der Waals surface area contributed by atoms with E-state index in [-0.39, 0.29) is 5.56 Å². The maximum absolute atomic E-state index is 10.5. The summed E-state index contributed by atoms with van der Waals surface area (Å²) in [5.74, 6) is -1.10. The first-order chi connectivity index (χ1) is 6.24. The molecule has 0 saturated carbocycles. The molecule has 69 valence electrons. The average molecular weight is 177 g/mol. The maximum atomic E-state index is 10.5. The topological polar surface area (TPSA) is 37.0 Å². The van der Waals surface area contributed by atoms with Crippen molar-refractivity contribution in [3.8, 4) is 0 Å². The lowest BCUT2D eigenvalue weighted by molar-refractivity contribution is 0.0573. The van der Waals surface area contributed by atoms with E-state index in [1.807, 2.05) is 6.07 Å². The van der Waals surface area contributed by atoms with Crippen LogP contribution in [0.5, 0.6) is 0 Å². The Morgan fingerprint density at radius 2 is 2.15 bits per heavy atom. The van der Waals surface area contributed by atoms with Gasteiger partial charge < -0.3 is 0 Å². The highest BCUT2D eigenvalue weighted by molar-refractivity contribution is 5.87. The largest absolute Gasteiger partial charge is 0.386 e. The molecule has 0 unspecified atom stereocenters. The van der Waals surface area contributed by atoms with Gasteiger partial charge in [0, 0.05) is 0 Å². The molecule has 2 heteroatoms. The summed E-state index contributed by atoms with van der Waals surface area (Å²) in [6, 6.07) is 6.95. The van der Waals surface area contributed by atoms with Crippen molar-refractivity contribution in [1.82, 2.24) is 0 Å². The molecule has 0 N–H and O–H groups in total. The van der Waals surface area contributed by atoms with Gasteiger partial charge in [-0.25, -0.2) is 9.90 Å². The summed E-state index contributed by atoms with van der Waals surface area (Å²) < 4.78 is 0.